The molecule has 0 aliphatic carbocycles. The first kappa shape index (κ1) is 25.2. The van der Waals surface area contributed by atoms with E-state index in [9.17, 15) is 0 Å². The van der Waals surface area contributed by atoms with Crippen molar-refractivity contribution < 1.29 is 13.3 Å². The molecule has 0 radical (unpaired) electrons. The number of nitrogens with zero attached hydrogens (tertiary/aromatic N) is 3. The van der Waals surface area contributed by atoms with E-state index < -0.39 is 0 Å². The molecule has 6 aromatic carbocycles. The van der Waals surface area contributed by atoms with E-state index in [1.165, 1.54) is 0 Å². The first-order valence-electron chi connectivity index (χ1n) is 14.7. The van der Waals surface area contributed by atoms with Gasteiger partial charge < -0.3 is 13.3 Å². The summed E-state index contributed by atoms with van der Waals surface area (Å²) in [4.78, 5) is 14.1. The lowest BCUT2D eigenvalue weighted by molar-refractivity contribution is 0.619. The molecule has 212 valence electrons. The second kappa shape index (κ2) is 10.2. The average Bonchev–Trinajstić information content (AvgIpc) is 3.85. The number of para-hydroxylation sites is 6. The van der Waals surface area contributed by atoms with E-state index in [0.29, 0.717) is 17.7 Å². The Balaban J connectivity index is 1.12. The lowest BCUT2D eigenvalue weighted by Crippen LogP contribution is -1.87. The van der Waals surface area contributed by atoms with Crippen molar-refractivity contribution >= 4 is 33.3 Å². The molecule has 9 aromatic rings. The molecule has 0 saturated heterocycles. The normalized spacial score (nSPS) is 11.6. The van der Waals surface area contributed by atoms with Crippen LogP contribution in [0.25, 0.3) is 89.9 Å². The molecular weight excluding hydrogens is 558 g/mol. The van der Waals surface area contributed by atoms with Crippen molar-refractivity contribution in [1.82, 2.24) is 15.0 Å². The third-order valence-electron chi connectivity index (χ3n) is 7.99. The predicted octanol–water partition coefficient (Wildman–Crippen LogP) is 10.4. The van der Waals surface area contributed by atoms with Gasteiger partial charge in [0.15, 0.2) is 16.7 Å². The van der Waals surface area contributed by atoms with Gasteiger partial charge in [0.25, 0.3) is 0 Å². The largest absolute Gasteiger partial charge is 0.436 e. The molecule has 6 nitrogen and oxygen atoms in total. The summed E-state index contributed by atoms with van der Waals surface area (Å²) in [5.74, 6) is 1.77. The molecule has 45 heavy (non-hydrogen) atoms. The standard InChI is InChI=1S/C39H23N3O3/c1-4-10-34-31(7-1)40-37(43-34)26-17-13-24(14-18-26)28-21-29(23-30(22-28)39-42-33-9-3-6-12-36(33)45-39)25-15-19-27(20-16-25)38-41-32-8-2-5-11-35(32)44-38/h1-23H. The summed E-state index contributed by atoms with van der Waals surface area (Å²) < 4.78 is 18.2. The summed E-state index contributed by atoms with van der Waals surface area (Å²) in [7, 11) is 0. The number of benzene rings is 6. The highest BCUT2D eigenvalue weighted by Crippen LogP contribution is 2.36. The maximum atomic E-state index is 6.19. The highest BCUT2D eigenvalue weighted by atomic mass is 16.4. The van der Waals surface area contributed by atoms with Crippen LogP contribution in [-0.4, -0.2) is 15.0 Å². The van der Waals surface area contributed by atoms with Gasteiger partial charge in [-0.05, 0) is 101 Å². The van der Waals surface area contributed by atoms with Gasteiger partial charge in [0, 0.05) is 16.7 Å². The van der Waals surface area contributed by atoms with Crippen LogP contribution in [0.4, 0.5) is 0 Å². The monoisotopic (exact) mass is 581 g/mol. The first-order chi connectivity index (χ1) is 22.2. The topological polar surface area (TPSA) is 78.1 Å². The summed E-state index contributed by atoms with van der Waals surface area (Å²) in [6.45, 7) is 0. The zero-order chi connectivity index (χ0) is 29.7. The van der Waals surface area contributed by atoms with Crippen LogP contribution in [0.2, 0.25) is 0 Å². The van der Waals surface area contributed by atoms with Gasteiger partial charge in [0.1, 0.15) is 16.6 Å². The van der Waals surface area contributed by atoms with Crippen molar-refractivity contribution in [3.05, 3.63) is 140 Å². The maximum absolute atomic E-state index is 6.19. The van der Waals surface area contributed by atoms with Crippen LogP contribution in [-0.2, 0) is 0 Å². The van der Waals surface area contributed by atoms with Crippen LogP contribution in [0.15, 0.2) is 153 Å². The fraction of sp³-hybridized carbons (Fsp3) is 0. The molecule has 0 N–H and O–H groups in total. The summed E-state index contributed by atoms with van der Waals surface area (Å²) in [5.41, 5.74) is 11.7. The van der Waals surface area contributed by atoms with E-state index in [1.807, 2.05) is 97.1 Å². The molecule has 0 bridgehead atoms. The van der Waals surface area contributed by atoms with Gasteiger partial charge in [-0.1, -0.05) is 60.7 Å². The van der Waals surface area contributed by atoms with Gasteiger partial charge in [-0.25, -0.2) is 15.0 Å². The van der Waals surface area contributed by atoms with Gasteiger partial charge in [-0.3, -0.25) is 0 Å². The molecule has 3 aromatic heterocycles. The number of fused-ring (bicyclic) bond motifs is 3. The quantitative estimate of drug-likeness (QED) is 0.201. The highest BCUT2D eigenvalue weighted by molar-refractivity contribution is 5.84. The summed E-state index contributed by atoms with van der Waals surface area (Å²) >= 11 is 0. The fourth-order valence-electron chi connectivity index (χ4n) is 5.68. The highest BCUT2D eigenvalue weighted by Gasteiger charge is 2.15. The molecule has 0 aliphatic heterocycles. The molecular formula is C39H23N3O3. The van der Waals surface area contributed by atoms with E-state index in [1.54, 1.807) is 0 Å². The zero-order valence-electron chi connectivity index (χ0n) is 23.8. The number of aromatic nitrogens is 3. The predicted molar refractivity (Wildman–Crippen MR) is 176 cm³/mol. The second-order valence-electron chi connectivity index (χ2n) is 10.9. The van der Waals surface area contributed by atoms with Gasteiger partial charge in [-0.2, -0.15) is 0 Å². The van der Waals surface area contributed by atoms with Crippen molar-refractivity contribution in [3.63, 3.8) is 0 Å². The molecule has 0 fully saturated rings. The van der Waals surface area contributed by atoms with Crippen LogP contribution in [0, 0.1) is 0 Å². The van der Waals surface area contributed by atoms with Crippen molar-refractivity contribution in [1.29, 1.82) is 0 Å². The van der Waals surface area contributed by atoms with E-state index in [-0.39, 0.29) is 0 Å². The first-order valence-corrected chi connectivity index (χ1v) is 14.7. The van der Waals surface area contributed by atoms with Gasteiger partial charge in [-0.15, -0.1) is 0 Å². The van der Waals surface area contributed by atoms with Crippen LogP contribution < -0.4 is 0 Å². The smallest absolute Gasteiger partial charge is 0.227 e. The van der Waals surface area contributed by atoms with Crippen LogP contribution >= 0.6 is 0 Å². The van der Waals surface area contributed by atoms with Crippen molar-refractivity contribution in [2.75, 3.05) is 0 Å². The lowest BCUT2D eigenvalue weighted by atomic mass is 9.95. The Labute approximate surface area is 257 Å². The molecule has 0 atom stereocenters. The minimum absolute atomic E-state index is 0.575. The third kappa shape index (κ3) is 4.56. The molecule has 0 spiro atoms. The lowest BCUT2D eigenvalue weighted by Gasteiger charge is -2.10. The second-order valence-corrected chi connectivity index (χ2v) is 10.9. The Hall–Kier alpha value is -6.27. The molecule has 0 unspecified atom stereocenters. The molecule has 0 aliphatic rings. The number of rotatable bonds is 5. The van der Waals surface area contributed by atoms with Gasteiger partial charge >= 0.3 is 0 Å². The van der Waals surface area contributed by atoms with Crippen LogP contribution in [0.3, 0.4) is 0 Å². The minimum atomic E-state index is 0.575. The fourth-order valence-corrected chi connectivity index (χ4v) is 5.68. The summed E-state index contributed by atoms with van der Waals surface area (Å²) in [5, 5.41) is 0. The Morgan fingerprint density at radius 3 is 0.978 bits per heavy atom. The third-order valence-corrected chi connectivity index (χ3v) is 7.99. The molecule has 3 heterocycles. The number of hydrogen-bond acceptors (Lipinski definition) is 6. The Kier molecular flexibility index (Phi) is 5.71. The summed E-state index contributed by atoms with van der Waals surface area (Å²) in [6.07, 6.45) is 0. The van der Waals surface area contributed by atoms with Crippen LogP contribution in [0.1, 0.15) is 0 Å². The van der Waals surface area contributed by atoms with Crippen molar-refractivity contribution in [2.24, 2.45) is 0 Å². The molecule has 6 heteroatoms. The van der Waals surface area contributed by atoms with Crippen molar-refractivity contribution in [3.8, 4) is 56.6 Å². The maximum Gasteiger partial charge on any atom is 0.227 e. The number of hydrogen-bond donors (Lipinski definition) is 0. The SMILES string of the molecule is c1ccc2oc(-c3ccc(-c4cc(-c5ccc(-c6nc7ccccc7o6)cc5)cc(-c5nc6ccccc6o5)c4)cc3)nc2c1. The van der Waals surface area contributed by atoms with E-state index >= 15 is 0 Å². The Bertz CT molecular complexity index is 2250. The van der Waals surface area contributed by atoms with E-state index in [4.69, 9.17) is 18.2 Å². The Morgan fingerprint density at radius 2 is 0.600 bits per heavy atom. The van der Waals surface area contributed by atoms with Crippen molar-refractivity contribution in [2.45, 2.75) is 0 Å². The zero-order valence-corrected chi connectivity index (χ0v) is 23.8. The molecule has 0 saturated carbocycles. The molecule has 9 rings (SSSR count). The van der Waals surface area contributed by atoms with Gasteiger partial charge in [0.05, 0.1) is 0 Å². The molecule has 0 amide bonds. The van der Waals surface area contributed by atoms with E-state index in [0.717, 1.165) is 72.2 Å². The summed E-state index contributed by atoms with van der Waals surface area (Å²) in [6, 6.07) is 46.4. The number of oxazole rings is 3. The minimum Gasteiger partial charge on any atom is -0.436 e. The van der Waals surface area contributed by atoms with Gasteiger partial charge in [0.2, 0.25) is 17.7 Å². The van der Waals surface area contributed by atoms with Crippen LogP contribution in [0.5, 0.6) is 0 Å². The Morgan fingerprint density at radius 1 is 0.289 bits per heavy atom. The average molecular weight is 582 g/mol. The van der Waals surface area contributed by atoms with E-state index in [2.05, 4.69) is 52.4 Å².